The van der Waals surface area contributed by atoms with Gasteiger partial charge in [-0.15, -0.1) is 0 Å². The Labute approximate surface area is 121 Å². The average Bonchev–Trinajstić information content (AvgIpc) is 2.38. The second-order valence-electron chi connectivity index (χ2n) is 4.32. The Morgan fingerprint density at radius 1 is 1.26 bits per heavy atom. The largest absolute Gasteiger partial charge is 0.383 e. The molecule has 4 nitrogen and oxygen atoms in total. The minimum atomic E-state index is 0.411. The van der Waals surface area contributed by atoms with Crippen molar-refractivity contribution in [1.82, 2.24) is 9.97 Å². The quantitative estimate of drug-likeness (QED) is 0.940. The summed E-state index contributed by atoms with van der Waals surface area (Å²) in [5.74, 6) is 1.16. The van der Waals surface area contributed by atoms with Gasteiger partial charge in [-0.2, -0.15) is 0 Å². The van der Waals surface area contributed by atoms with Crippen molar-refractivity contribution in [2.75, 3.05) is 12.8 Å². The van der Waals surface area contributed by atoms with Crippen LogP contribution in [0.2, 0.25) is 0 Å². The zero-order valence-corrected chi connectivity index (χ0v) is 12.6. The minimum absolute atomic E-state index is 0.411. The summed E-state index contributed by atoms with van der Waals surface area (Å²) in [6.07, 6.45) is 0.668. The van der Waals surface area contributed by atoms with E-state index in [1.165, 1.54) is 11.1 Å². The Bertz CT molecular complexity index is 587. The highest BCUT2D eigenvalue weighted by Crippen LogP contribution is 2.22. The fourth-order valence-corrected chi connectivity index (χ4v) is 2.15. The van der Waals surface area contributed by atoms with E-state index in [-0.39, 0.29) is 0 Å². The third kappa shape index (κ3) is 3.30. The molecule has 19 heavy (non-hydrogen) atoms. The summed E-state index contributed by atoms with van der Waals surface area (Å²) in [7, 11) is 1.63. The lowest BCUT2D eigenvalue weighted by Gasteiger charge is -2.09. The Morgan fingerprint density at radius 2 is 2.00 bits per heavy atom. The lowest BCUT2D eigenvalue weighted by atomic mass is 10.1. The molecule has 2 rings (SSSR count). The van der Waals surface area contributed by atoms with Gasteiger partial charge in [-0.3, -0.25) is 0 Å². The number of nitrogens with zero attached hydrogens (tertiary/aromatic N) is 2. The van der Waals surface area contributed by atoms with Gasteiger partial charge in [-0.05, 0) is 34.0 Å². The number of ether oxygens (including phenoxy) is 1. The SMILES string of the molecule is COCc1nc(Cc2ccccc2C)nc(N)c1Br. The van der Waals surface area contributed by atoms with Crippen LogP contribution in [0.1, 0.15) is 22.6 Å². The smallest absolute Gasteiger partial charge is 0.141 e. The van der Waals surface area contributed by atoms with Crippen molar-refractivity contribution in [1.29, 1.82) is 0 Å². The summed E-state index contributed by atoms with van der Waals surface area (Å²) < 4.78 is 5.83. The first kappa shape index (κ1) is 14.0. The van der Waals surface area contributed by atoms with E-state index in [1.807, 2.05) is 12.1 Å². The Hall–Kier alpha value is -1.46. The van der Waals surface area contributed by atoms with Gasteiger partial charge in [0, 0.05) is 13.5 Å². The van der Waals surface area contributed by atoms with Crippen LogP contribution in [0.4, 0.5) is 5.82 Å². The van der Waals surface area contributed by atoms with E-state index >= 15 is 0 Å². The van der Waals surface area contributed by atoms with Gasteiger partial charge in [-0.25, -0.2) is 9.97 Å². The van der Waals surface area contributed by atoms with Crippen LogP contribution >= 0.6 is 15.9 Å². The molecule has 2 N–H and O–H groups in total. The standard InChI is InChI=1S/C14H16BrN3O/c1-9-5-3-4-6-10(9)7-12-17-11(8-19-2)13(15)14(16)18-12/h3-6H,7-8H2,1-2H3,(H2,16,17,18). The first-order valence-corrected chi connectivity index (χ1v) is 6.75. The van der Waals surface area contributed by atoms with Crippen LogP contribution in [0, 0.1) is 6.92 Å². The van der Waals surface area contributed by atoms with Gasteiger partial charge in [-0.1, -0.05) is 24.3 Å². The average molecular weight is 322 g/mol. The Morgan fingerprint density at radius 3 is 2.68 bits per heavy atom. The first-order valence-electron chi connectivity index (χ1n) is 5.96. The van der Waals surface area contributed by atoms with Crippen molar-refractivity contribution < 1.29 is 4.74 Å². The molecular weight excluding hydrogens is 306 g/mol. The lowest BCUT2D eigenvalue weighted by molar-refractivity contribution is 0.180. The number of nitrogens with two attached hydrogens (primary N) is 1. The number of methoxy groups -OCH3 is 1. The van der Waals surface area contributed by atoms with Crippen LogP contribution in [0.15, 0.2) is 28.7 Å². The summed E-state index contributed by atoms with van der Waals surface area (Å²) >= 11 is 3.39. The Balaban J connectivity index is 2.33. The molecule has 0 radical (unpaired) electrons. The molecule has 1 aromatic carbocycles. The maximum atomic E-state index is 5.89. The van der Waals surface area contributed by atoms with Crippen LogP contribution in [0.5, 0.6) is 0 Å². The van der Waals surface area contributed by atoms with Gasteiger partial charge >= 0.3 is 0 Å². The number of aromatic nitrogens is 2. The molecule has 0 aliphatic carbocycles. The molecule has 0 spiro atoms. The van der Waals surface area contributed by atoms with Crippen molar-refractivity contribution in [3.05, 3.63) is 51.4 Å². The van der Waals surface area contributed by atoms with Crippen molar-refractivity contribution in [3.8, 4) is 0 Å². The highest BCUT2D eigenvalue weighted by Gasteiger charge is 2.11. The number of hydrogen-bond donors (Lipinski definition) is 1. The summed E-state index contributed by atoms with van der Waals surface area (Å²) in [5, 5.41) is 0. The van der Waals surface area contributed by atoms with E-state index in [9.17, 15) is 0 Å². The molecule has 0 amide bonds. The fraction of sp³-hybridized carbons (Fsp3) is 0.286. The van der Waals surface area contributed by atoms with E-state index < -0.39 is 0 Å². The van der Waals surface area contributed by atoms with E-state index in [1.54, 1.807) is 7.11 Å². The first-order chi connectivity index (χ1) is 9.11. The molecule has 5 heteroatoms. The summed E-state index contributed by atoms with van der Waals surface area (Å²) in [5.41, 5.74) is 9.09. The third-order valence-corrected chi connectivity index (χ3v) is 3.75. The highest BCUT2D eigenvalue weighted by atomic mass is 79.9. The summed E-state index contributed by atoms with van der Waals surface area (Å²) in [6.45, 7) is 2.49. The zero-order valence-electron chi connectivity index (χ0n) is 11.0. The van der Waals surface area contributed by atoms with Crippen LogP contribution in [-0.4, -0.2) is 17.1 Å². The van der Waals surface area contributed by atoms with Crippen LogP contribution in [0.3, 0.4) is 0 Å². The second-order valence-corrected chi connectivity index (χ2v) is 5.12. The predicted molar refractivity (Wildman–Crippen MR) is 78.8 cm³/mol. The number of aryl methyl sites for hydroxylation is 1. The van der Waals surface area contributed by atoms with Gasteiger partial charge in [0.1, 0.15) is 11.6 Å². The van der Waals surface area contributed by atoms with Gasteiger partial charge < -0.3 is 10.5 Å². The van der Waals surface area contributed by atoms with Crippen LogP contribution in [0.25, 0.3) is 0 Å². The van der Waals surface area contributed by atoms with Gasteiger partial charge in [0.25, 0.3) is 0 Å². The minimum Gasteiger partial charge on any atom is -0.383 e. The predicted octanol–water partition coefficient (Wildman–Crippen LogP) is 2.87. The lowest BCUT2D eigenvalue weighted by Crippen LogP contribution is -2.07. The summed E-state index contributed by atoms with van der Waals surface area (Å²) in [4.78, 5) is 8.81. The molecule has 0 bridgehead atoms. The molecule has 0 saturated heterocycles. The van der Waals surface area contributed by atoms with Crippen LogP contribution in [-0.2, 0) is 17.8 Å². The number of rotatable bonds is 4. The zero-order chi connectivity index (χ0) is 13.8. The normalized spacial score (nSPS) is 10.7. The number of benzene rings is 1. The van der Waals surface area contributed by atoms with Gasteiger partial charge in [0.15, 0.2) is 0 Å². The molecule has 100 valence electrons. The molecule has 0 unspecified atom stereocenters. The molecular formula is C14H16BrN3O. The van der Waals surface area contributed by atoms with Crippen molar-refractivity contribution in [2.24, 2.45) is 0 Å². The van der Waals surface area contributed by atoms with Crippen molar-refractivity contribution in [3.63, 3.8) is 0 Å². The molecule has 1 aromatic heterocycles. The summed E-state index contributed by atoms with van der Waals surface area (Å²) in [6, 6.07) is 8.19. The molecule has 0 atom stereocenters. The third-order valence-electron chi connectivity index (χ3n) is 2.88. The monoisotopic (exact) mass is 321 g/mol. The molecule has 0 saturated carbocycles. The Kier molecular flexibility index (Phi) is 4.50. The highest BCUT2D eigenvalue weighted by molar-refractivity contribution is 9.10. The maximum absolute atomic E-state index is 5.89. The number of anilines is 1. The molecule has 2 aromatic rings. The van der Waals surface area contributed by atoms with Crippen LogP contribution < -0.4 is 5.73 Å². The fourth-order valence-electron chi connectivity index (χ4n) is 1.86. The van der Waals surface area contributed by atoms with Crippen molar-refractivity contribution >= 4 is 21.7 Å². The van der Waals surface area contributed by atoms with Gasteiger partial charge in [0.05, 0.1) is 16.8 Å². The molecule has 1 heterocycles. The van der Waals surface area contributed by atoms with E-state index in [0.717, 1.165) is 5.69 Å². The molecule has 0 aliphatic heterocycles. The van der Waals surface area contributed by atoms with Gasteiger partial charge in [0.2, 0.25) is 0 Å². The number of nitrogen functional groups attached to an aromatic ring is 1. The number of halogens is 1. The van der Waals surface area contributed by atoms with E-state index in [2.05, 4.69) is 45.0 Å². The van der Waals surface area contributed by atoms with E-state index in [4.69, 9.17) is 10.5 Å². The van der Waals surface area contributed by atoms with E-state index in [0.29, 0.717) is 29.1 Å². The maximum Gasteiger partial charge on any atom is 0.141 e. The second kappa shape index (κ2) is 6.12. The molecule has 0 aliphatic rings. The topological polar surface area (TPSA) is 61.0 Å². The van der Waals surface area contributed by atoms with Crippen molar-refractivity contribution in [2.45, 2.75) is 20.0 Å². The number of hydrogen-bond acceptors (Lipinski definition) is 4. The molecule has 0 fully saturated rings.